The normalized spacial score (nSPS) is 9.68. The molecule has 0 unspecified atom stereocenters. The maximum absolute atomic E-state index is 8.76. The predicted octanol–water partition coefficient (Wildman–Crippen LogP) is 2.11. The number of aromatic nitrogens is 2. The minimum absolute atomic E-state index is 0.0875. The fourth-order valence-electron chi connectivity index (χ4n) is 1.59. The Hall–Kier alpha value is -2.23. The molecular weight excluding hydrogens is 307 g/mol. The summed E-state index contributed by atoms with van der Waals surface area (Å²) in [6.45, 7) is 0.0875. The molecule has 0 N–H and O–H groups in total. The minimum atomic E-state index is 0.0875. The highest BCUT2D eigenvalue weighted by molar-refractivity contribution is 9.10. The molecule has 0 spiro atoms. The summed E-state index contributed by atoms with van der Waals surface area (Å²) in [5.74, 6) is 0. The van der Waals surface area contributed by atoms with E-state index in [1.54, 1.807) is 28.8 Å². The molecule has 1 aromatic carbocycles. The molecule has 1 aromatic heterocycles. The molecule has 19 heavy (non-hydrogen) atoms. The van der Waals surface area contributed by atoms with Gasteiger partial charge in [-0.25, -0.2) is 4.98 Å². The summed E-state index contributed by atoms with van der Waals surface area (Å²) in [5.41, 5.74) is 10.5. The Balaban J connectivity index is 2.46. The third kappa shape index (κ3) is 2.62. The van der Waals surface area contributed by atoms with E-state index in [4.69, 9.17) is 18.6 Å². The summed E-state index contributed by atoms with van der Waals surface area (Å²) in [6, 6.07) is 8.95. The number of nitriles is 1. The van der Waals surface area contributed by atoms with E-state index in [1.807, 2.05) is 6.07 Å². The van der Waals surface area contributed by atoms with Crippen molar-refractivity contribution in [2.45, 2.75) is 6.54 Å². The minimum Gasteiger partial charge on any atom is -0.302 e. The van der Waals surface area contributed by atoms with Gasteiger partial charge in [-0.1, -0.05) is 5.11 Å². The Morgan fingerprint density at radius 3 is 2.74 bits per heavy atom. The van der Waals surface area contributed by atoms with Gasteiger partial charge in [-0.2, -0.15) is 5.26 Å². The van der Waals surface area contributed by atoms with Gasteiger partial charge in [-0.3, -0.25) is 0 Å². The van der Waals surface area contributed by atoms with Gasteiger partial charge in [0.1, 0.15) is 7.85 Å². The molecule has 90 valence electrons. The first-order valence-corrected chi connectivity index (χ1v) is 6.00. The van der Waals surface area contributed by atoms with Gasteiger partial charge in [0.25, 0.3) is 0 Å². The molecule has 0 bridgehead atoms. The second kappa shape index (κ2) is 5.61. The number of azide groups is 1. The summed E-state index contributed by atoms with van der Waals surface area (Å²) < 4.78 is 2.18. The smallest absolute Gasteiger partial charge is 0.181 e. The van der Waals surface area contributed by atoms with Gasteiger partial charge in [0.15, 0.2) is 4.73 Å². The topological polar surface area (TPSA) is 90.4 Å². The fraction of sp³-hybridized carbons (Fsp3) is 0.0909. The van der Waals surface area contributed by atoms with Crippen LogP contribution >= 0.6 is 15.9 Å². The number of imidazole rings is 1. The molecule has 2 radical (unpaired) electrons. The van der Waals surface area contributed by atoms with Crippen molar-refractivity contribution in [3.63, 3.8) is 0 Å². The zero-order valence-corrected chi connectivity index (χ0v) is 11.2. The third-order valence-electron chi connectivity index (χ3n) is 2.49. The monoisotopic (exact) mass is 312 g/mol. The zero-order chi connectivity index (χ0) is 13.8. The molecule has 0 fully saturated rings. The van der Waals surface area contributed by atoms with Gasteiger partial charge in [0.05, 0.1) is 23.9 Å². The summed E-state index contributed by atoms with van der Waals surface area (Å²) in [4.78, 5) is 6.87. The SMILES string of the molecule is [B]c1c(CN=[N+]=[N-])nc(Br)n1-c1ccc(C#N)cc1. The number of benzene rings is 1. The van der Waals surface area contributed by atoms with E-state index in [1.165, 1.54) is 0 Å². The van der Waals surface area contributed by atoms with Crippen LogP contribution in [0.2, 0.25) is 0 Å². The number of hydrogen-bond acceptors (Lipinski definition) is 3. The molecule has 1 heterocycles. The van der Waals surface area contributed by atoms with Crippen molar-refractivity contribution in [3.05, 3.63) is 50.7 Å². The summed E-state index contributed by atoms with van der Waals surface area (Å²) in [7, 11) is 5.97. The van der Waals surface area contributed by atoms with Crippen LogP contribution in [0.4, 0.5) is 0 Å². The summed E-state index contributed by atoms with van der Waals surface area (Å²) >= 11 is 3.30. The highest BCUT2D eigenvalue weighted by Gasteiger charge is 2.12. The van der Waals surface area contributed by atoms with Crippen LogP contribution in [0.3, 0.4) is 0 Å². The maximum Gasteiger partial charge on any atom is 0.181 e. The van der Waals surface area contributed by atoms with E-state index in [9.17, 15) is 0 Å². The third-order valence-corrected chi connectivity index (χ3v) is 3.02. The second-order valence-corrected chi connectivity index (χ2v) is 4.31. The standard InChI is InChI=1S/C11H6BBrN6/c12-10-9(6-16-18-15)17-11(13)19(10)8-3-1-7(5-14)2-4-8/h1-4H,6H2. The van der Waals surface area contributed by atoms with Crippen molar-refractivity contribution in [2.24, 2.45) is 5.11 Å². The molecule has 0 saturated heterocycles. The van der Waals surface area contributed by atoms with Crippen molar-refractivity contribution < 1.29 is 0 Å². The first-order valence-electron chi connectivity index (χ1n) is 5.21. The van der Waals surface area contributed by atoms with Crippen LogP contribution in [0.25, 0.3) is 16.1 Å². The molecule has 0 amide bonds. The highest BCUT2D eigenvalue weighted by Crippen LogP contribution is 2.16. The first-order chi connectivity index (χ1) is 9.17. The second-order valence-electron chi connectivity index (χ2n) is 3.60. The van der Waals surface area contributed by atoms with Gasteiger partial charge < -0.3 is 4.57 Å². The molecule has 0 aliphatic heterocycles. The predicted molar refractivity (Wildman–Crippen MR) is 74.2 cm³/mol. The number of nitrogens with zero attached hydrogens (tertiary/aromatic N) is 6. The number of hydrogen-bond donors (Lipinski definition) is 0. The molecule has 0 saturated carbocycles. The lowest BCUT2D eigenvalue weighted by atomic mass is 10.0. The van der Waals surface area contributed by atoms with Crippen LogP contribution in [-0.2, 0) is 6.54 Å². The van der Waals surface area contributed by atoms with Crippen LogP contribution in [0.15, 0.2) is 34.1 Å². The van der Waals surface area contributed by atoms with Crippen LogP contribution < -0.4 is 5.59 Å². The van der Waals surface area contributed by atoms with Gasteiger partial charge in [-0.15, -0.1) is 0 Å². The molecule has 8 heteroatoms. The molecule has 6 nitrogen and oxygen atoms in total. The van der Waals surface area contributed by atoms with E-state index in [0.717, 1.165) is 5.69 Å². The molecule has 0 atom stereocenters. The van der Waals surface area contributed by atoms with Crippen molar-refractivity contribution >= 4 is 29.4 Å². The van der Waals surface area contributed by atoms with Gasteiger partial charge >= 0.3 is 0 Å². The van der Waals surface area contributed by atoms with Gasteiger partial charge in [0, 0.05) is 10.6 Å². The average molecular weight is 313 g/mol. The zero-order valence-electron chi connectivity index (χ0n) is 9.66. The summed E-state index contributed by atoms with van der Waals surface area (Å²) in [6.07, 6.45) is 0. The summed E-state index contributed by atoms with van der Waals surface area (Å²) in [5, 5.41) is 12.2. The van der Waals surface area contributed by atoms with E-state index in [-0.39, 0.29) is 6.54 Å². The van der Waals surface area contributed by atoms with E-state index in [0.29, 0.717) is 21.6 Å². The van der Waals surface area contributed by atoms with Crippen LogP contribution in [0.1, 0.15) is 11.3 Å². The highest BCUT2D eigenvalue weighted by atomic mass is 79.9. The Morgan fingerprint density at radius 2 is 2.16 bits per heavy atom. The lowest BCUT2D eigenvalue weighted by molar-refractivity contribution is 0.991. The average Bonchev–Trinajstić information content (AvgIpc) is 2.71. The van der Waals surface area contributed by atoms with Crippen LogP contribution in [0, 0.1) is 11.3 Å². The fourth-order valence-corrected chi connectivity index (χ4v) is 2.20. The van der Waals surface area contributed by atoms with Crippen LogP contribution in [0.5, 0.6) is 0 Å². The lowest BCUT2D eigenvalue weighted by Gasteiger charge is -2.07. The van der Waals surface area contributed by atoms with E-state index >= 15 is 0 Å². The van der Waals surface area contributed by atoms with Gasteiger partial charge in [-0.05, 0) is 51.3 Å². The van der Waals surface area contributed by atoms with Gasteiger partial charge in [0.2, 0.25) is 0 Å². The quantitative estimate of drug-likeness (QED) is 0.376. The van der Waals surface area contributed by atoms with Crippen molar-refractivity contribution in [1.82, 2.24) is 9.55 Å². The molecule has 2 rings (SSSR count). The van der Waals surface area contributed by atoms with E-state index in [2.05, 4.69) is 30.9 Å². The van der Waals surface area contributed by atoms with E-state index < -0.39 is 0 Å². The Kier molecular flexibility index (Phi) is 3.90. The van der Waals surface area contributed by atoms with Crippen molar-refractivity contribution in [2.75, 3.05) is 0 Å². The number of halogens is 1. The Morgan fingerprint density at radius 1 is 1.47 bits per heavy atom. The Labute approximate surface area is 118 Å². The van der Waals surface area contributed by atoms with Crippen molar-refractivity contribution in [3.8, 4) is 11.8 Å². The lowest BCUT2D eigenvalue weighted by Crippen LogP contribution is -2.18. The van der Waals surface area contributed by atoms with Crippen molar-refractivity contribution in [1.29, 1.82) is 5.26 Å². The maximum atomic E-state index is 8.76. The number of rotatable bonds is 3. The van der Waals surface area contributed by atoms with Crippen LogP contribution in [-0.4, -0.2) is 17.4 Å². The largest absolute Gasteiger partial charge is 0.302 e. The molecule has 0 aliphatic rings. The molecule has 2 aromatic rings. The Bertz CT molecular complexity index is 693. The molecule has 0 aliphatic carbocycles. The first kappa shape index (κ1) is 13.2. The molecular formula is C11H6BBrN6.